The van der Waals surface area contributed by atoms with Crippen LogP contribution in [-0.2, 0) is 6.54 Å². The maximum atomic E-state index is 5.98. The van der Waals surface area contributed by atoms with Crippen LogP contribution in [0.3, 0.4) is 0 Å². The monoisotopic (exact) mass is 303 g/mol. The van der Waals surface area contributed by atoms with Crippen molar-refractivity contribution in [2.45, 2.75) is 6.54 Å². The fraction of sp³-hybridized carbons (Fsp3) is 0.0909. The van der Waals surface area contributed by atoms with Gasteiger partial charge in [-0.05, 0) is 6.07 Å². The second-order valence-corrected chi connectivity index (χ2v) is 4.57. The van der Waals surface area contributed by atoms with Crippen LogP contribution in [0.2, 0.25) is 15.1 Å². The summed E-state index contributed by atoms with van der Waals surface area (Å²) in [6, 6.07) is 3.02. The molecule has 0 amide bonds. The van der Waals surface area contributed by atoms with Gasteiger partial charge in [0.1, 0.15) is 5.75 Å². The van der Waals surface area contributed by atoms with Gasteiger partial charge in [0.25, 0.3) is 0 Å². The molecule has 94 valence electrons. The molecule has 0 radical (unpaired) electrons. The van der Waals surface area contributed by atoms with Crippen molar-refractivity contribution in [3.05, 3.63) is 45.3 Å². The predicted octanol–water partition coefficient (Wildman–Crippen LogP) is 3.69. The summed E-state index contributed by atoms with van der Waals surface area (Å²) in [5, 5.41) is 1.04. The summed E-state index contributed by atoms with van der Waals surface area (Å²) in [6.07, 6.45) is 3.02. The summed E-state index contributed by atoms with van der Waals surface area (Å²) in [6.45, 7) is 0.277. The number of rotatable bonds is 3. The van der Waals surface area contributed by atoms with Gasteiger partial charge in [-0.15, -0.1) is 0 Å². The van der Waals surface area contributed by atoms with Crippen molar-refractivity contribution in [1.29, 1.82) is 0 Å². The molecule has 1 aromatic carbocycles. The summed E-state index contributed by atoms with van der Waals surface area (Å²) < 4.78 is 5.48. The number of aromatic nitrogens is 2. The van der Waals surface area contributed by atoms with E-state index < -0.39 is 0 Å². The lowest BCUT2D eigenvalue weighted by Crippen LogP contribution is -2.01. The highest BCUT2D eigenvalue weighted by Gasteiger charge is 2.09. The largest absolute Gasteiger partial charge is 0.436 e. The minimum Gasteiger partial charge on any atom is -0.436 e. The molecule has 0 aliphatic heterocycles. The molecule has 2 aromatic rings. The van der Waals surface area contributed by atoms with Crippen molar-refractivity contribution in [2.75, 3.05) is 0 Å². The summed E-state index contributed by atoms with van der Waals surface area (Å²) in [5.41, 5.74) is 6.08. The van der Waals surface area contributed by atoms with E-state index in [1.54, 1.807) is 6.20 Å². The van der Waals surface area contributed by atoms with E-state index in [0.717, 1.165) is 0 Å². The van der Waals surface area contributed by atoms with E-state index in [0.29, 0.717) is 32.4 Å². The molecule has 0 unspecified atom stereocenters. The van der Waals surface area contributed by atoms with Crippen LogP contribution in [0.5, 0.6) is 11.6 Å². The van der Waals surface area contributed by atoms with Gasteiger partial charge in [-0.2, -0.15) is 0 Å². The lowest BCUT2D eigenvalue weighted by molar-refractivity contribution is 0.458. The van der Waals surface area contributed by atoms with Gasteiger partial charge in [0.2, 0.25) is 5.88 Å². The highest BCUT2D eigenvalue weighted by molar-refractivity contribution is 6.43. The molecule has 0 atom stereocenters. The molecule has 7 heteroatoms. The molecule has 0 saturated carbocycles. The number of nitrogens with zero attached hydrogens (tertiary/aromatic N) is 2. The lowest BCUT2D eigenvalue weighted by Gasteiger charge is -2.08. The van der Waals surface area contributed by atoms with Gasteiger partial charge >= 0.3 is 0 Å². The zero-order valence-electron chi connectivity index (χ0n) is 9.03. The van der Waals surface area contributed by atoms with Gasteiger partial charge in [-0.25, -0.2) is 4.98 Å². The zero-order valence-corrected chi connectivity index (χ0v) is 11.3. The molecule has 0 saturated heterocycles. The minimum atomic E-state index is 0.277. The van der Waals surface area contributed by atoms with Crippen molar-refractivity contribution in [3.8, 4) is 11.6 Å². The first kappa shape index (κ1) is 13.4. The number of benzene rings is 1. The summed E-state index contributed by atoms with van der Waals surface area (Å²) in [7, 11) is 0. The average Bonchev–Trinajstić information content (AvgIpc) is 2.36. The highest BCUT2D eigenvalue weighted by atomic mass is 35.5. The molecule has 4 nitrogen and oxygen atoms in total. The first-order chi connectivity index (χ1) is 8.60. The van der Waals surface area contributed by atoms with E-state index in [1.807, 2.05) is 0 Å². The standard InChI is InChI=1S/C11H8Cl3N3O/c12-7-1-9(14)10(2-8(7)13)18-11-5-16-4-6(3-15)17-11/h1-2,4-5H,3,15H2. The Morgan fingerprint density at radius 2 is 1.78 bits per heavy atom. The van der Waals surface area contributed by atoms with Crippen molar-refractivity contribution in [1.82, 2.24) is 9.97 Å². The van der Waals surface area contributed by atoms with Gasteiger partial charge in [0, 0.05) is 18.8 Å². The predicted molar refractivity (Wildman–Crippen MR) is 71.5 cm³/mol. The normalized spacial score (nSPS) is 10.4. The summed E-state index contributed by atoms with van der Waals surface area (Å²) in [4.78, 5) is 8.09. The van der Waals surface area contributed by atoms with Crippen LogP contribution in [0.1, 0.15) is 5.69 Å². The van der Waals surface area contributed by atoms with Crippen molar-refractivity contribution < 1.29 is 4.74 Å². The van der Waals surface area contributed by atoms with Crippen LogP contribution in [0.15, 0.2) is 24.5 Å². The zero-order chi connectivity index (χ0) is 13.1. The van der Waals surface area contributed by atoms with Gasteiger partial charge in [0.05, 0.1) is 27.0 Å². The third-order valence-electron chi connectivity index (χ3n) is 2.06. The smallest absolute Gasteiger partial charge is 0.238 e. The SMILES string of the molecule is NCc1cncc(Oc2cc(Cl)c(Cl)cc2Cl)n1. The molecule has 0 fully saturated rings. The minimum absolute atomic E-state index is 0.277. The maximum absolute atomic E-state index is 5.98. The number of hydrogen-bond acceptors (Lipinski definition) is 4. The van der Waals surface area contributed by atoms with Crippen molar-refractivity contribution in [2.24, 2.45) is 5.73 Å². The first-order valence-electron chi connectivity index (χ1n) is 4.93. The van der Waals surface area contributed by atoms with Gasteiger partial charge < -0.3 is 10.5 Å². The van der Waals surface area contributed by atoms with Crippen LogP contribution in [0, 0.1) is 0 Å². The first-order valence-corrected chi connectivity index (χ1v) is 6.07. The molecule has 0 spiro atoms. The molecule has 1 aromatic heterocycles. The van der Waals surface area contributed by atoms with Crippen LogP contribution in [0.4, 0.5) is 0 Å². The Balaban J connectivity index is 2.30. The quantitative estimate of drug-likeness (QED) is 0.879. The molecular formula is C11H8Cl3N3O. The lowest BCUT2D eigenvalue weighted by atomic mass is 10.3. The van der Waals surface area contributed by atoms with E-state index >= 15 is 0 Å². The van der Waals surface area contributed by atoms with E-state index in [2.05, 4.69) is 9.97 Å². The molecule has 0 bridgehead atoms. The Labute approximate surface area is 119 Å². The van der Waals surface area contributed by atoms with Gasteiger partial charge in [-0.3, -0.25) is 4.98 Å². The molecule has 0 aliphatic carbocycles. The van der Waals surface area contributed by atoms with E-state index in [4.69, 9.17) is 45.3 Å². The van der Waals surface area contributed by atoms with Crippen molar-refractivity contribution in [3.63, 3.8) is 0 Å². The second kappa shape index (κ2) is 5.71. The highest BCUT2D eigenvalue weighted by Crippen LogP contribution is 2.35. The van der Waals surface area contributed by atoms with Crippen LogP contribution >= 0.6 is 34.8 Å². The van der Waals surface area contributed by atoms with Gasteiger partial charge in [-0.1, -0.05) is 34.8 Å². The molecule has 0 aliphatic rings. The summed E-state index contributed by atoms with van der Waals surface area (Å²) in [5.74, 6) is 0.646. The van der Waals surface area contributed by atoms with Crippen molar-refractivity contribution >= 4 is 34.8 Å². The fourth-order valence-electron chi connectivity index (χ4n) is 1.23. The van der Waals surface area contributed by atoms with Crippen LogP contribution < -0.4 is 10.5 Å². The molecule has 18 heavy (non-hydrogen) atoms. The Morgan fingerprint density at radius 1 is 1.06 bits per heavy atom. The summed E-state index contributed by atoms with van der Waals surface area (Å²) >= 11 is 17.7. The number of halogens is 3. The molecule has 1 heterocycles. The van der Waals surface area contributed by atoms with E-state index in [9.17, 15) is 0 Å². The Bertz CT molecular complexity index is 577. The topological polar surface area (TPSA) is 61.0 Å². The van der Waals surface area contributed by atoms with Crippen LogP contribution in [0.25, 0.3) is 0 Å². The number of nitrogens with two attached hydrogens (primary N) is 1. The fourth-order valence-corrected chi connectivity index (χ4v) is 1.80. The molecule has 2 rings (SSSR count). The number of hydrogen-bond donors (Lipinski definition) is 1. The Morgan fingerprint density at radius 3 is 2.50 bits per heavy atom. The van der Waals surface area contributed by atoms with E-state index in [-0.39, 0.29) is 6.54 Å². The second-order valence-electron chi connectivity index (χ2n) is 3.35. The van der Waals surface area contributed by atoms with Crippen LogP contribution in [-0.4, -0.2) is 9.97 Å². The Kier molecular flexibility index (Phi) is 4.24. The molecule has 2 N–H and O–H groups in total. The van der Waals surface area contributed by atoms with E-state index in [1.165, 1.54) is 18.3 Å². The molecular weight excluding hydrogens is 296 g/mol. The third-order valence-corrected chi connectivity index (χ3v) is 3.08. The average molecular weight is 305 g/mol. The Hall–Kier alpha value is -1.07. The number of ether oxygens (including phenoxy) is 1. The van der Waals surface area contributed by atoms with Gasteiger partial charge in [0.15, 0.2) is 0 Å². The third kappa shape index (κ3) is 3.03. The maximum Gasteiger partial charge on any atom is 0.238 e.